The third kappa shape index (κ3) is 2.06. The molecule has 0 atom stereocenters. The first-order chi connectivity index (χ1) is 9.58. The van der Waals surface area contributed by atoms with Gasteiger partial charge in [-0.3, -0.25) is 9.59 Å². The van der Waals surface area contributed by atoms with Crippen molar-refractivity contribution in [2.45, 2.75) is 13.3 Å². The molecule has 1 aliphatic rings. The molecule has 2 aromatic rings. The van der Waals surface area contributed by atoms with Crippen molar-refractivity contribution in [2.75, 3.05) is 4.90 Å². The fraction of sp³-hybridized carbons (Fsp3) is 0.125. The first-order valence-electron chi connectivity index (χ1n) is 6.29. The molecule has 0 fully saturated rings. The summed E-state index contributed by atoms with van der Waals surface area (Å²) in [5.74, 6) is -0.437. The van der Waals surface area contributed by atoms with Crippen LogP contribution in [0.5, 0.6) is 0 Å². The molecule has 1 aliphatic heterocycles. The highest BCUT2D eigenvalue weighted by Gasteiger charge is 2.32. The number of hydrogen-bond acceptors (Lipinski definition) is 2. The van der Waals surface area contributed by atoms with E-state index in [-0.39, 0.29) is 18.2 Å². The number of hydrogen-bond donors (Lipinski definition) is 0. The Labute approximate surface area is 125 Å². The van der Waals surface area contributed by atoms with E-state index in [4.69, 9.17) is 0 Å². The normalized spacial score (nSPS) is 14.4. The van der Waals surface area contributed by atoms with Crippen LogP contribution in [0.15, 0.2) is 46.9 Å². The van der Waals surface area contributed by atoms with Gasteiger partial charge in [0.2, 0.25) is 5.91 Å². The Balaban J connectivity index is 2.14. The maximum absolute atomic E-state index is 12.6. The Morgan fingerprint density at radius 2 is 1.85 bits per heavy atom. The molecule has 4 heteroatoms. The van der Waals surface area contributed by atoms with Gasteiger partial charge in [-0.25, -0.2) is 4.90 Å². The average molecular weight is 330 g/mol. The number of anilines is 1. The monoisotopic (exact) mass is 329 g/mol. The molecule has 0 saturated heterocycles. The summed E-state index contributed by atoms with van der Waals surface area (Å²) in [5, 5.41) is 0. The van der Waals surface area contributed by atoms with Crippen LogP contribution in [0.2, 0.25) is 0 Å². The van der Waals surface area contributed by atoms with Crippen LogP contribution in [0.4, 0.5) is 5.69 Å². The number of halogens is 1. The maximum atomic E-state index is 12.6. The number of rotatable bonds is 1. The van der Waals surface area contributed by atoms with E-state index in [0.29, 0.717) is 11.3 Å². The Bertz CT molecular complexity index is 724. The first kappa shape index (κ1) is 13.1. The number of carbonyl (C=O) groups is 2. The second kappa shape index (κ2) is 4.87. The zero-order chi connectivity index (χ0) is 14.3. The third-order valence-corrected chi connectivity index (χ3v) is 3.95. The lowest BCUT2D eigenvalue weighted by Gasteiger charge is -2.28. The largest absolute Gasteiger partial charge is 0.274 e. The number of imide groups is 1. The molecule has 0 saturated carbocycles. The van der Waals surface area contributed by atoms with Crippen LogP contribution in [0.25, 0.3) is 0 Å². The molecule has 0 unspecified atom stereocenters. The van der Waals surface area contributed by atoms with Crippen LogP contribution >= 0.6 is 15.9 Å². The van der Waals surface area contributed by atoms with Gasteiger partial charge in [0.15, 0.2) is 0 Å². The van der Waals surface area contributed by atoms with Crippen LogP contribution < -0.4 is 4.90 Å². The highest BCUT2D eigenvalue weighted by atomic mass is 79.9. The quantitative estimate of drug-likeness (QED) is 0.751. The van der Waals surface area contributed by atoms with Gasteiger partial charge in [0.1, 0.15) is 0 Å². The Morgan fingerprint density at radius 3 is 2.65 bits per heavy atom. The van der Waals surface area contributed by atoms with Gasteiger partial charge < -0.3 is 0 Å². The van der Waals surface area contributed by atoms with Gasteiger partial charge in [-0.1, -0.05) is 40.2 Å². The molecular formula is C16H12BrNO2. The van der Waals surface area contributed by atoms with Crippen molar-refractivity contribution < 1.29 is 9.59 Å². The summed E-state index contributed by atoms with van der Waals surface area (Å²) in [4.78, 5) is 26.2. The Hall–Kier alpha value is -1.94. The van der Waals surface area contributed by atoms with Gasteiger partial charge in [0.05, 0.1) is 12.1 Å². The number of carbonyl (C=O) groups excluding carboxylic acids is 2. The predicted octanol–water partition coefficient (Wildman–Crippen LogP) is 3.49. The lowest BCUT2D eigenvalue weighted by Crippen LogP contribution is -2.42. The molecule has 2 aromatic carbocycles. The fourth-order valence-electron chi connectivity index (χ4n) is 2.43. The van der Waals surface area contributed by atoms with Gasteiger partial charge in [0.25, 0.3) is 5.91 Å². The summed E-state index contributed by atoms with van der Waals surface area (Å²) < 4.78 is 0.845. The van der Waals surface area contributed by atoms with Crippen molar-refractivity contribution in [3.63, 3.8) is 0 Å². The standard InChI is InChI=1S/C16H12BrNO2/c1-10-6-7-12(17)9-14(10)18-15(19)8-11-4-2-3-5-13(11)16(18)20/h2-7,9H,8H2,1H3. The molecule has 0 bridgehead atoms. The first-order valence-corrected chi connectivity index (χ1v) is 7.08. The van der Waals surface area contributed by atoms with E-state index in [0.717, 1.165) is 15.6 Å². The maximum Gasteiger partial charge on any atom is 0.265 e. The van der Waals surface area contributed by atoms with Crippen LogP contribution in [0.3, 0.4) is 0 Å². The molecule has 100 valence electrons. The van der Waals surface area contributed by atoms with E-state index in [1.807, 2.05) is 37.3 Å². The van der Waals surface area contributed by atoms with Crippen molar-refractivity contribution in [3.8, 4) is 0 Å². The Morgan fingerprint density at radius 1 is 1.10 bits per heavy atom. The number of amides is 2. The van der Waals surface area contributed by atoms with Gasteiger partial charge >= 0.3 is 0 Å². The molecular weight excluding hydrogens is 318 g/mol. The van der Waals surface area contributed by atoms with Crippen molar-refractivity contribution in [2.24, 2.45) is 0 Å². The molecule has 0 N–H and O–H groups in total. The molecule has 3 nitrogen and oxygen atoms in total. The zero-order valence-corrected chi connectivity index (χ0v) is 12.5. The molecule has 0 aliphatic carbocycles. The van der Waals surface area contributed by atoms with E-state index in [1.54, 1.807) is 12.1 Å². The summed E-state index contributed by atoms with van der Waals surface area (Å²) in [7, 11) is 0. The molecule has 2 amide bonds. The van der Waals surface area contributed by atoms with Crippen LogP contribution in [-0.2, 0) is 11.2 Å². The number of fused-ring (bicyclic) bond motifs is 1. The van der Waals surface area contributed by atoms with E-state index < -0.39 is 0 Å². The topological polar surface area (TPSA) is 37.4 Å². The fourth-order valence-corrected chi connectivity index (χ4v) is 2.77. The molecule has 20 heavy (non-hydrogen) atoms. The average Bonchev–Trinajstić information content (AvgIpc) is 2.42. The highest BCUT2D eigenvalue weighted by molar-refractivity contribution is 9.10. The minimum Gasteiger partial charge on any atom is -0.274 e. The van der Waals surface area contributed by atoms with Crippen molar-refractivity contribution in [1.82, 2.24) is 0 Å². The third-order valence-electron chi connectivity index (χ3n) is 3.45. The minimum atomic E-state index is -0.252. The number of aryl methyl sites for hydroxylation is 1. The second-order valence-electron chi connectivity index (χ2n) is 4.80. The second-order valence-corrected chi connectivity index (χ2v) is 5.71. The summed E-state index contributed by atoms with van der Waals surface area (Å²) in [6.07, 6.45) is 0.258. The van der Waals surface area contributed by atoms with Crippen molar-refractivity contribution >= 4 is 33.4 Å². The Kier molecular flexibility index (Phi) is 3.18. The van der Waals surface area contributed by atoms with Crippen LogP contribution in [-0.4, -0.2) is 11.8 Å². The molecule has 3 rings (SSSR count). The number of benzene rings is 2. The minimum absolute atomic E-state index is 0.185. The van der Waals surface area contributed by atoms with Gasteiger partial charge in [-0.2, -0.15) is 0 Å². The lowest BCUT2D eigenvalue weighted by molar-refractivity contribution is -0.117. The van der Waals surface area contributed by atoms with Crippen molar-refractivity contribution in [1.29, 1.82) is 0 Å². The van der Waals surface area contributed by atoms with E-state index in [9.17, 15) is 9.59 Å². The smallest absolute Gasteiger partial charge is 0.265 e. The van der Waals surface area contributed by atoms with Gasteiger partial charge in [-0.15, -0.1) is 0 Å². The summed E-state index contributed by atoms with van der Waals surface area (Å²) in [5.41, 5.74) is 2.94. The summed E-state index contributed by atoms with van der Waals surface area (Å²) in [6, 6.07) is 12.9. The van der Waals surface area contributed by atoms with Gasteiger partial charge in [-0.05, 0) is 36.2 Å². The molecule has 1 heterocycles. The molecule has 0 radical (unpaired) electrons. The van der Waals surface area contributed by atoms with E-state index in [2.05, 4.69) is 15.9 Å². The predicted molar refractivity (Wildman–Crippen MR) is 80.8 cm³/mol. The summed E-state index contributed by atoms with van der Waals surface area (Å²) in [6.45, 7) is 1.89. The van der Waals surface area contributed by atoms with Gasteiger partial charge in [0, 0.05) is 10.0 Å². The number of nitrogens with zero attached hydrogens (tertiary/aromatic N) is 1. The zero-order valence-electron chi connectivity index (χ0n) is 10.9. The van der Waals surface area contributed by atoms with Crippen LogP contribution in [0, 0.1) is 6.92 Å². The van der Waals surface area contributed by atoms with E-state index in [1.165, 1.54) is 4.90 Å². The van der Waals surface area contributed by atoms with Crippen molar-refractivity contribution in [3.05, 3.63) is 63.6 Å². The van der Waals surface area contributed by atoms with Crippen LogP contribution in [0.1, 0.15) is 21.5 Å². The molecule has 0 spiro atoms. The lowest BCUT2D eigenvalue weighted by atomic mass is 9.97. The SMILES string of the molecule is Cc1ccc(Br)cc1N1C(=O)Cc2ccccc2C1=O. The highest BCUT2D eigenvalue weighted by Crippen LogP contribution is 2.30. The van der Waals surface area contributed by atoms with E-state index >= 15 is 0 Å². The summed E-state index contributed by atoms with van der Waals surface area (Å²) >= 11 is 3.39. The molecule has 0 aromatic heterocycles.